The molecule has 154 valence electrons. The Bertz CT molecular complexity index is 871. The first-order chi connectivity index (χ1) is 13.8. The molecule has 1 N–H and O–H groups in total. The lowest BCUT2D eigenvalue weighted by molar-refractivity contribution is -0.137. The molecule has 29 heavy (non-hydrogen) atoms. The van der Waals surface area contributed by atoms with Gasteiger partial charge in [-0.2, -0.15) is 0 Å². The molecule has 4 nitrogen and oxygen atoms in total. The molecule has 0 saturated carbocycles. The van der Waals surface area contributed by atoms with Gasteiger partial charge in [-0.1, -0.05) is 24.3 Å². The van der Waals surface area contributed by atoms with E-state index >= 15 is 0 Å². The summed E-state index contributed by atoms with van der Waals surface area (Å²) in [5, 5.41) is 9.39. The summed E-state index contributed by atoms with van der Waals surface area (Å²) >= 11 is 0. The molecule has 2 aliphatic heterocycles. The van der Waals surface area contributed by atoms with Crippen LogP contribution >= 0.6 is 0 Å². The van der Waals surface area contributed by atoms with Gasteiger partial charge in [0.1, 0.15) is 11.6 Å². The van der Waals surface area contributed by atoms with Crippen LogP contribution in [0.2, 0.25) is 0 Å². The molecule has 0 radical (unpaired) electrons. The number of carbonyl (C=O) groups excluding carboxylic acids is 1. The van der Waals surface area contributed by atoms with E-state index in [1.54, 1.807) is 21.9 Å². The van der Waals surface area contributed by atoms with Crippen LogP contribution in [0.15, 0.2) is 48.5 Å². The Hall–Kier alpha value is -2.54. The van der Waals surface area contributed by atoms with E-state index in [0.29, 0.717) is 31.6 Å². The predicted molar refractivity (Wildman–Crippen MR) is 102 cm³/mol. The number of aromatic hydroxyl groups is 1. The van der Waals surface area contributed by atoms with Gasteiger partial charge in [0.15, 0.2) is 0 Å². The zero-order valence-corrected chi connectivity index (χ0v) is 15.9. The van der Waals surface area contributed by atoms with E-state index in [2.05, 4.69) is 0 Å². The monoisotopic (exact) mass is 404 g/mol. The molecular weight excluding hydrogens is 381 g/mol. The van der Waals surface area contributed by atoms with E-state index < -0.39 is 24.4 Å². The van der Waals surface area contributed by atoms with Crippen molar-refractivity contribution in [1.82, 2.24) is 9.80 Å². The summed E-state index contributed by atoms with van der Waals surface area (Å²) in [5.41, 5.74) is 1.32. The van der Waals surface area contributed by atoms with Gasteiger partial charge in [0, 0.05) is 13.1 Å². The summed E-state index contributed by atoms with van der Waals surface area (Å²) in [7, 11) is 0. The van der Waals surface area contributed by atoms with Crippen LogP contribution in [0, 0.1) is 5.82 Å². The van der Waals surface area contributed by atoms with Crippen molar-refractivity contribution in [2.45, 2.75) is 37.3 Å². The van der Waals surface area contributed by atoms with Crippen molar-refractivity contribution in [3.05, 3.63) is 65.5 Å². The number of halogens is 3. The third kappa shape index (κ3) is 4.10. The Kier molecular flexibility index (Phi) is 5.25. The standard InChI is InChI=1S/C22H23F3N2O2/c23-17-5-1-15(2-6-17)13-26-12-10-20(21(26)29)27-11-9-19(22(24,25)14-27)16-3-7-18(28)8-4-16/h1-8,19-20,28H,9-14H2/t19-,20+/m0/s1. The molecule has 2 saturated heterocycles. The summed E-state index contributed by atoms with van der Waals surface area (Å²) < 4.78 is 42.9. The topological polar surface area (TPSA) is 43.8 Å². The molecule has 2 aromatic rings. The molecule has 1 amide bonds. The molecule has 0 bridgehead atoms. The Balaban J connectivity index is 1.41. The van der Waals surface area contributed by atoms with Gasteiger partial charge >= 0.3 is 0 Å². The van der Waals surface area contributed by atoms with Crippen LogP contribution < -0.4 is 0 Å². The Morgan fingerprint density at radius 2 is 1.69 bits per heavy atom. The first kappa shape index (κ1) is 19.8. The van der Waals surface area contributed by atoms with Gasteiger partial charge in [0.25, 0.3) is 5.92 Å². The van der Waals surface area contributed by atoms with Gasteiger partial charge in [0.2, 0.25) is 5.91 Å². The second kappa shape index (κ2) is 7.71. The second-order valence-corrected chi connectivity index (χ2v) is 7.86. The number of nitrogens with zero attached hydrogens (tertiary/aromatic N) is 2. The van der Waals surface area contributed by atoms with Crippen molar-refractivity contribution in [2.24, 2.45) is 0 Å². The van der Waals surface area contributed by atoms with Gasteiger partial charge in [-0.3, -0.25) is 9.69 Å². The summed E-state index contributed by atoms with van der Waals surface area (Å²) in [6, 6.07) is 11.3. The van der Waals surface area contributed by atoms with Crippen LogP contribution in [0.3, 0.4) is 0 Å². The quantitative estimate of drug-likeness (QED) is 0.844. The van der Waals surface area contributed by atoms with Crippen LogP contribution in [0.25, 0.3) is 0 Å². The minimum atomic E-state index is -2.96. The molecular formula is C22H23F3N2O2. The fourth-order valence-electron chi connectivity index (χ4n) is 4.38. The van der Waals surface area contributed by atoms with Crippen LogP contribution in [-0.4, -0.2) is 52.4 Å². The van der Waals surface area contributed by atoms with Crippen molar-refractivity contribution >= 4 is 5.91 Å². The number of phenolic OH excluding ortho intramolecular Hbond substituents is 1. The maximum atomic E-state index is 14.9. The van der Waals surface area contributed by atoms with E-state index in [9.17, 15) is 23.1 Å². The third-order valence-electron chi connectivity index (χ3n) is 5.92. The Morgan fingerprint density at radius 1 is 1.00 bits per heavy atom. The zero-order chi connectivity index (χ0) is 20.6. The normalized spacial score (nSPS) is 24.8. The van der Waals surface area contributed by atoms with Crippen molar-refractivity contribution in [3.63, 3.8) is 0 Å². The first-order valence-corrected chi connectivity index (χ1v) is 9.77. The number of amides is 1. The molecule has 7 heteroatoms. The highest BCUT2D eigenvalue weighted by atomic mass is 19.3. The van der Waals surface area contributed by atoms with Gasteiger partial charge in [-0.25, -0.2) is 13.2 Å². The number of phenols is 1. The lowest BCUT2D eigenvalue weighted by Crippen LogP contribution is -2.53. The highest BCUT2D eigenvalue weighted by molar-refractivity contribution is 5.84. The summed E-state index contributed by atoms with van der Waals surface area (Å²) in [4.78, 5) is 16.1. The minimum Gasteiger partial charge on any atom is -0.508 e. The second-order valence-electron chi connectivity index (χ2n) is 7.86. The Morgan fingerprint density at radius 3 is 2.34 bits per heavy atom. The van der Waals surface area contributed by atoms with E-state index in [-0.39, 0.29) is 23.9 Å². The van der Waals surface area contributed by atoms with Gasteiger partial charge < -0.3 is 10.0 Å². The fourth-order valence-corrected chi connectivity index (χ4v) is 4.38. The molecule has 0 aliphatic carbocycles. The number of carbonyl (C=O) groups is 1. The van der Waals surface area contributed by atoms with Crippen LogP contribution in [0.5, 0.6) is 5.75 Å². The molecule has 0 spiro atoms. The van der Waals surface area contributed by atoms with E-state index in [1.807, 2.05) is 0 Å². The highest BCUT2D eigenvalue weighted by Crippen LogP contribution is 2.42. The minimum absolute atomic E-state index is 0.0484. The predicted octanol–water partition coefficient (Wildman–Crippen LogP) is 3.76. The first-order valence-electron chi connectivity index (χ1n) is 9.77. The van der Waals surface area contributed by atoms with Crippen LogP contribution in [0.4, 0.5) is 13.2 Å². The maximum absolute atomic E-state index is 14.9. The highest BCUT2D eigenvalue weighted by Gasteiger charge is 2.49. The number of hydrogen-bond acceptors (Lipinski definition) is 3. The van der Waals surface area contributed by atoms with Gasteiger partial charge in [-0.15, -0.1) is 0 Å². The number of benzene rings is 2. The summed E-state index contributed by atoms with van der Waals surface area (Å²) in [5.74, 6) is -4.32. The number of alkyl halides is 2. The van der Waals surface area contributed by atoms with Gasteiger partial charge in [-0.05, 0) is 54.8 Å². The van der Waals surface area contributed by atoms with Crippen molar-refractivity contribution < 1.29 is 23.1 Å². The Labute approximate surface area is 167 Å². The molecule has 2 aliphatic rings. The SMILES string of the molecule is O=C1[C@H](N2CC[C@@H](c3ccc(O)cc3)C(F)(F)C2)CCN1Cc1ccc(F)cc1. The van der Waals surface area contributed by atoms with Crippen LogP contribution in [0.1, 0.15) is 29.9 Å². The molecule has 4 rings (SSSR count). The largest absolute Gasteiger partial charge is 0.508 e. The van der Waals surface area contributed by atoms with Crippen molar-refractivity contribution in [2.75, 3.05) is 19.6 Å². The van der Waals surface area contributed by atoms with Crippen molar-refractivity contribution in [3.8, 4) is 5.75 Å². The fraction of sp³-hybridized carbons (Fsp3) is 0.409. The average Bonchev–Trinajstić information content (AvgIpc) is 3.04. The molecule has 2 fully saturated rings. The zero-order valence-electron chi connectivity index (χ0n) is 15.9. The lowest BCUT2D eigenvalue weighted by atomic mass is 9.85. The molecule has 0 aromatic heterocycles. The smallest absolute Gasteiger partial charge is 0.267 e. The summed E-state index contributed by atoms with van der Waals surface area (Å²) in [6.07, 6.45) is 0.763. The number of likely N-dealkylation sites (tertiary alicyclic amines) is 2. The molecule has 0 unspecified atom stereocenters. The molecule has 2 atom stereocenters. The van der Waals surface area contributed by atoms with E-state index in [4.69, 9.17) is 0 Å². The van der Waals surface area contributed by atoms with Crippen LogP contribution in [-0.2, 0) is 11.3 Å². The van der Waals surface area contributed by atoms with E-state index in [0.717, 1.165) is 5.56 Å². The maximum Gasteiger partial charge on any atom is 0.267 e. The number of piperidine rings is 1. The summed E-state index contributed by atoms with van der Waals surface area (Å²) in [6.45, 7) is 0.821. The number of rotatable bonds is 4. The van der Waals surface area contributed by atoms with E-state index in [1.165, 1.54) is 36.4 Å². The molecule has 2 aromatic carbocycles. The van der Waals surface area contributed by atoms with Gasteiger partial charge in [0.05, 0.1) is 18.5 Å². The molecule has 2 heterocycles. The average molecular weight is 404 g/mol. The number of hydrogen-bond donors (Lipinski definition) is 1. The lowest BCUT2D eigenvalue weighted by Gasteiger charge is -2.40. The third-order valence-corrected chi connectivity index (χ3v) is 5.92. The van der Waals surface area contributed by atoms with Crippen molar-refractivity contribution in [1.29, 1.82) is 0 Å².